The number of nitrogens with one attached hydrogen (secondary N) is 2. The Morgan fingerprint density at radius 1 is 1.12 bits per heavy atom. The summed E-state index contributed by atoms with van der Waals surface area (Å²) in [5.74, 6) is -0.0471. The van der Waals surface area contributed by atoms with E-state index in [1.54, 1.807) is 12.1 Å². The highest BCUT2D eigenvalue weighted by atomic mass is 16.2. The standard InChI is InChI=1S/C22H24N2O2/c1-4-14(3)16-11-8-9-15(5-2)20(16)24-22(26)18-13-23-19-12-7-6-10-17(19)21(18)25/h6-14H,4-5H2,1-3H3,(H,23,25)(H,24,26). The first-order valence-electron chi connectivity index (χ1n) is 9.10. The molecule has 26 heavy (non-hydrogen) atoms. The average molecular weight is 348 g/mol. The Morgan fingerprint density at radius 3 is 2.62 bits per heavy atom. The van der Waals surface area contributed by atoms with Crippen LogP contribution in [0.15, 0.2) is 53.5 Å². The number of pyridine rings is 1. The third-order valence-corrected chi connectivity index (χ3v) is 4.98. The van der Waals surface area contributed by atoms with Crippen LogP contribution in [-0.2, 0) is 6.42 Å². The number of amides is 1. The van der Waals surface area contributed by atoms with Crippen molar-refractivity contribution < 1.29 is 4.79 Å². The topological polar surface area (TPSA) is 62.0 Å². The Hall–Kier alpha value is -2.88. The fourth-order valence-electron chi connectivity index (χ4n) is 3.21. The molecule has 1 heterocycles. The molecule has 0 radical (unpaired) electrons. The number of para-hydroxylation sites is 2. The molecule has 1 unspecified atom stereocenters. The maximum atomic E-state index is 12.9. The summed E-state index contributed by atoms with van der Waals surface area (Å²) < 4.78 is 0. The van der Waals surface area contributed by atoms with Gasteiger partial charge in [-0.2, -0.15) is 0 Å². The molecule has 0 bridgehead atoms. The number of carbonyl (C=O) groups excluding carboxylic acids is 1. The minimum atomic E-state index is -0.373. The summed E-state index contributed by atoms with van der Waals surface area (Å²) in [4.78, 5) is 28.6. The number of fused-ring (bicyclic) bond motifs is 1. The smallest absolute Gasteiger partial charge is 0.261 e. The Kier molecular flexibility index (Phi) is 5.21. The number of benzene rings is 2. The molecule has 0 saturated carbocycles. The lowest BCUT2D eigenvalue weighted by Crippen LogP contribution is -2.23. The molecule has 134 valence electrons. The number of anilines is 1. The van der Waals surface area contributed by atoms with E-state index in [2.05, 4.69) is 31.1 Å². The molecule has 3 aromatic rings. The fourth-order valence-corrected chi connectivity index (χ4v) is 3.21. The van der Waals surface area contributed by atoms with Gasteiger partial charge in [-0.3, -0.25) is 9.59 Å². The van der Waals surface area contributed by atoms with Crippen molar-refractivity contribution in [3.8, 4) is 0 Å². The second kappa shape index (κ2) is 7.56. The lowest BCUT2D eigenvalue weighted by atomic mass is 9.93. The summed E-state index contributed by atoms with van der Waals surface area (Å²) in [6.45, 7) is 6.34. The Balaban J connectivity index is 2.04. The predicted molar refractivity (Wildman–Crippen MR) is 107 cm³/mol. The molecule has 0 fully saturated rings. The largest absolute Gasteiger partial charge is 0.360 e. The second-order valence-corrected chi connectivity index (χ2v) is 6.58. The van der Waals surface area contributed by atoms with Crippen LogP contribution in [0, 0.1) is 0 Å². The molecule has 0 aliphatic rings. The summed E-state index contributed by atoms with van der Waals surface area (Å²) >= 11 is 0. The first-order valence-corrected chi connectivity index (χ1v) is 9.10. The third-order valence-electron chi connectivity index (χ3n) is 4.98. The third kappa shape index (κ3) is 3.27. The van der Waals surface area contributed by atoms with Crippen molar-refractivity contribution in [2.24, 2.45) is 0 Å². The summed E-state index contributed by atoms with van der Waals surface area (Å²) in [6, 6.07) is 13.3. The molecule has 4 heteroatoms. The number of rotatable bonds is 5. The monoisotopic (exact) mass is 348 g/mol. The van der Waals surface area contributed by atoms with Gasteiger partial charge in [0.1, 0.15) is 5.56 Å². The zero-order valence-corrected chi connectivity index (χ0v) is 15.4. The zero-order chi connectivity index (χ0) is 18.7. The number of aromatic nitrogens is 1. The lowest BCUT2D eigenvalue weighted by molar-refractivity contribution is 0.102. The van der Waals surface area contributed by atoms with Crippen LogP contribution in [0.3, 0.4) is 0 Å². The van der Waals surface area contributed by atoms with Gasteiger partial charge in [0.25, 0.3) is 5.91 Å². The van der Waals surface area contributed by atoms with E-state index in [0.29, 0.717) is 11.3 Å². The van der Waals surface area contributed by atoms with E-state index in [9.17, 15) is 9.59 Å². The molecule has 1 atom stereocenters. The number of carbonyl (C=O) groups is 1. The Morgan fingerprint density at radius 2 is 1.88 bits per heavy atom. The van der Waals surface area contributed by atoms with Gasteiger partial charge < -0.3 is 10.3 Å². The first kappa shape index (κ1) is 17.9. The molecule has 2 aromatic carbocycles. The minimum absolute atomic E-state index is 0.129. The van der Waals surface area contributed by atoms with Crippen LogP contribution >= 0.6 is 0 Å². The maximum Gasteiger partial charge on any atom is 0.261 e. The van der Waals surface area contributed by atoms with Crippen LogP contribution in [-0.4, -0.2) is 10.9 Å². The molecule has 2 N–H and O–H groups in total. The van der Waals surface area contributed by atoms with Crippen molar-refractivity contribution in [2.45, 2.75) is 39.5 Å². The number of aryl methyl sites for hydroxylation is 1. The van der Waals surface area contributed by atoms with Crippen molar-refractivity contribution in [2.75, 3.05) is 5.32 Å². The van der Waals surface area contributed by atoms with Crippen molar-refractivity contribution in [3.63, 3.8) is 0 Å². The van der Waals surface area contributed by atoms with E-state index in [1.165, 1.54) is 6.20 Å². The Bertz CT molecular complexity index is 1000. The van der Waals surface area contributed by atoms with E-state index in [4.69, 9.17) is 0 Å². The Labute approximate surface area is 153 Å². The van der Waals surface area contributed by atoms with Crippen LogP contribution in [0.25, 0.3) is 10.9 Å². The van der Waals surface area contributed by atoms with E-state index >= 15 is 0 Å². The minimum Gasteiger partial charge on any atom is -0.360 e. The van der Waals surface area contributed by atoms with Gasteiger partial charge in [0.15, 0.2) is 0 Å². The van der Waals surface area contributed by atoms with Gasteiger partial charge in [-0.15, -0.1) is 0 Å². The van der Waals surface area contributed by atoms with Gasteiger partial charge in [0.05, 0.1) is 0 Å². The molecule has 0 aliphatic heterocycles. The van der Waals surface area contributed by atoms with Crippen molar-refractivity contribution >= 4 is 22.5 Å². The quantitative estimate of drug-likeness (QED) is 0.692. The van der Waals surface area contributed by atoms with Gasteiger partial charge in [-0.25, -0.2) is 0 Å². The lowest BCUT2D eigenvalue weighted by Gasteiger charge is -2.19. The first-order chi connectivity index (χ1) is 12.6. The van der Waals surface area contributed by atoms with Gasteiger partial charge in [-0.05, 0) is 42.0 Å². The molecular formula is C22H24N2O2. The molecule has 3 rings (SSSR count). The van der Waals surface area contributed by atoms with Gasteiger partial charge in [0.2, 0.25) is 5.43 Å². The van der Waals surface area contributed by atoms with Crippen molar-refractivity contribution in [1.82, 2.24) is 4.98 Å². The van der Waals surface area contributed by atoms with Crippen LogP contribution in [0.2, 0.25) is 0 Å². The van der Waals surface area contributed by atoms with Crippen LogP contribution in [0.1, 0.15) is 54.6 Å². The summed E-state index contributed by atoms with van der Waals surface area (Å²) in [6.07, 6.45) is 3.29. The van der Waals surface area contributed by atoms with Crippen LogP contribution in [0.5, 0.6) is 0 Å². The number of hydrogen-bond acceptors (Lipinski definition) is 2. The van der Waals surface area contributed by atoms with Crippen LogP contribution in [0.4, 0.5) is 5.69 Å². The van der Waals surface area contributed by atoms with Crippen LogP contribution < -0.4 is 10.7 Å². The highest BCUT2D eigenvalue weighted by Gasteiger charge is 2.18. The summed E-state index contributed by atoms with van der Waals surface area (Å²) in [7, 11) is 0. The predicted octanol–water partition coefficient (Wildman–Crippen LogP) is 4.86. The van der Waals surface area contributed by atoms with Gasteiger partial charge in [0, 0.05) is 22.8 Å². The average Bonchev–Trinajstić information content (AvgIpc) is 2.67. The molecule has 0 spiro atoms. The van der Waals surface area contributed by atoms with E-state index in [0.717, 1.165) is 35.2 Å². The molecule has 0 aliphatic carbocycles. The molecule has 1 aromatic heterocycles. The van der Waals surface area contributed by atoms with Crippen molar-refractivity contribution in [1.29, 1.82) is 0 Å². The molecule has 4 nitrogen and oxygen atoms in total. The number of aromatic amines is 1. The van der Waals surface area contributed by atoms with E-state index in [-0.39, 0.29) is 16.9 Å². The van der Waals surface area contributed by atoms with Gasteiger partial charge in [-0.1, -0.05) is 51.1 Å². The van der Waals surface area contributed by atoms with Gasteiger partial charge >= 0.3 is 0 Å². The fraction of sp³-hybridized carbons (Fsp3) is 0.273. The molecule has 0 saturated heterocycles. The number of H-pyrrole nitrogens is 1. The number of hydrogen-bond donors (Lipinski definition) is 2. The maximum absolute atomic E-state index is 12.9. The molecular weight excluding hydrogens is 324 g/mol. The van der Waals surface area contributed by atoms with E-state index < -0.39 is 0 Å². The SMILES string of the molecule is CCc1cccc(C(C)CC)c1NC(=O)c1c[nH]c2ccccc2c1=O. The summed E-state index contributed by atoms with van der Waals surface area (Å²) in [5, 5.41) is 3.53. The highest BCUT2D eigenvalue weighted by Crippen LogP contribution is 2.30. The molecule has 1 amide bonds. The zero-order valence-electron chi connectivity index (χ0n) is 15.4. The second-order valence-electron chi connectivity index (χ2n) is 6.58. The highest BCUT2D eigenvalue weighted by molar-refractivity contribution is 6.06. The summed E-state index contributed by atoms with van der Waals surface area (Å²) in [5.41, 5.74) is 3.62. The van der Waals surface area contributed by atoms with E-state index in [1.807, 2.05) is 30.3 Å². The normalized spacial score (nSPS) is 12.1. The van der Waals surface area contributed by atoms with Crippen molar-refractivity contribution in [3.05, 3.63) is 75.6 Å².